The number of rotatable bonds is 3. The van der Waals surface area contributed by atoms with E-state index in [-0.39, 0.29) is 6.10 Å². The molecule has 3 nitrogen and oxygen atoms in total. The lowest BCUT2D eigenvalue weighted by Gasteiger charge is -2.38. The van der Waals surface area contributed by atoms with Crippen molar-refractivity contribution >= 4 is 0 Å². The number of nitrogens with zero attached hydrogens (tertiary/aromatic N) is 1. The summed E-state index contributed by atoms with van der Waals surface area (Å²) < 4.78 is 43.9. The number of alkyl halides is 3. The summed E-state index contributed by atoms with van der Waals surface area (Å²) in [5, 5.41) is 0. The number of hydrogen-bond donors (Lipinski definition) is 1. The number of nitrogens with two attached hydrogens (primary N) is 1. The van der Waals surface area contributed by atoms with Crippen LogP contribution in [0.15, 0.2) is 24.3 Å². The van der Waals surface area contributed by atoms with Crippen molar-refractivity contribution < 1.29 is 17.9 Å². The molecule has 0 saturated carbocycles. The van der Waals surface area contributed by atoms with Gasteiger partial charge in [0, 0.05) is 19.1 Å². The van der Waals surface area contributed by atoms with Crippen molar-refractivity contribution in [2.24, 2.45) is 5.73 Å². The number of benzene rings is 1. The summed E-state index contributed by atoms with van der Waals surface area (Å²) in [7, 11) is 0. The molecule has 2 unspecified atom stereocenters. The van der Waals surface area contributed by atoms with E-state index in [1.165, 1.54) is 6.07 Å². The molecule has 1 aliphatic rings. The van der Waals surface area contributed by atoms with Gasteiger partial charge < -0.3 is 10.5 Å². The number of hydrogen-bond acceptors (Lipinski definition) is 3. The molecule has 2 atom stereocenters. The fourth-order valence-electron chi connectivity index (χ4n) is 2.52. The Balaban J connectivity index is 2.14. The van der Waals surface area contributed by atoms with Crippen molar-refractivity contribution in [3.8, 4) is 0 Å². The molecule has 1 aromatic rings. The quantitative estimate of drug-likeness (QED) is 0.933. The molecule has 6 heteroatoms. The number of morpholine rings is 1. The third kappa shape index (κ3) is 3.96. The molecule has 1 aromatic carbocycles. The van der Waals surface area contributed by atoms with Crippen LogP contribution in [-0.4, -0.2) is 36.7 Å². The van der Waals surface area contributed by atoms with E-state index < -0.39 is 17.8 Å². The predicted molar refractivity (Wildman–Crippen MR) is 74.8 cm³/mol. The van der Waals surface area contributed by atoms with Crippen LogP contribution >= 0.6 is 0 Å². The fraction of sp³-hybridized carbons (Fsp3) is 0.600. The van der Waals surface area contributed by atoms with Crippen LogP contribution in [-0.2, 0) is 10.9 Å². The first-order valence-corrected chi connectivity index (χ1v) is 7.07. The van der Waals surface area contributed by atoms with Crippen LogP contribution in [0.1, 0.15) is 31.0 Å². The smallest absolute Gasteiger partial charge is 0.374 e. The molecule has 2 N–H and O–H groups in total. The van der Waals surface area contributed by atoms with Gasteiger partial charge >= 0.3 is 6.18 Å². The highest BCUT2D eigenvalue weighted by molar-refractivity contribution is 5.28. The van der Waals surface area contributed by atoms with Crippen molar-refractivity contribution in [3.63, 3.8) is 0 Å². The van der Waals surface area contributed by atoms with Crippen LogP contribution in [0.2, 0.25) is 0 Å². The zero-order valence-electron chi connectivity index (χ0n) is 12.2. The zero-order chi connectivity index (χ0) is 15.6. The van der Waals surface area contributed by atoms with Gasteiger partial charge in [-0.15, -0.1) is 0 Å². The molecule has 0 spiro atoms. The van der Waals surface area contributed by atoms with E-state index >= 15 is 0 Å². The van der Waals surface area contributed by atoms with Crippen molar-refractivity contribution in [2.45, 2.75) is 38.2 Å². The third-order valence-corrected chi connectivity index (χ3v) is 3.85. The fourth-order valence-corrected chi connectivity index (χ4v) is 2.52. The first-order valence-electron chi connectivity index (χ1n) is 7.07. The Morgan fingerprint density at radius 3 is 2.67 bits per heavy atom. The predicted octanol–water partition coefficient (Wildman–Crippen LogP) is 2.81. The van der Waals surface area contributed by atoms with Gasteiger partial charge in [0.05, 0.1) is 24.3 Å². The van der Waals surface area contributed by atoms with Crippen molar-refractivity contribution in [1.82, 2.24) is 4.90 Å². The Morgan fingerprint density at radius 1 is 1.33 bits per heavy atom. The van der Waals surface area contributed by atoms with E-state index in [9.17, 15) is 13.2 Å². The summed E-state index contributed by atoms with van der Waals surface area (Å²) in [6, 6.07) is 4.98. The third-order valence-electron chi connectivity index (χ3n) is 3.85. The number of halogens is 3. The molecular weight excluding hydrogens is 281 g/mol. The van der Waals surface area contributed by atoms with E-state index in [1.807, 2.05) is 0 Å². The average Bonchev–Trinajstić information content (AvgIpc) is 2.46. The van der Waals surface area contributed by atoms with Crippen molar-refractivity contribution in [3.05, 3.63) is 35.4 Å². The van der Waals surface area contributed by atoms with Crippen LogP contribution in [0.5, 0.6) is 0 Å². The minimum atomic E-state index is -4.35. The summed E-state index contributed by atoms with van der Waals surface area (Å²) in [5.41, 5.74) is 5.91. The van der Waals surface area contributed by atoms with Crippen LogP contribution in [0.25, 0.3) is 0 Å². The minimum Gasteiger partial charge on any atom is -0.374 e. The molecular formula is C15H21F3N2O. The van der Waals surface area contributed by atoms with Crippen LogP contribution < -0.4 is 5.73 Å². The Hall–Kier alpha value is -1.11. The molecule has 1 aliphatic heterocycles. The highest BCUT2D eigenvalue weighted by Gasteiger charge is 2.32. The normalized spacial score (nSPS) is 22.5. The molecule has 1 heterocycles. The topological polar surface area (TPSA) is 38.5 Å². The Kier molecular flexibility index (Phi) is 4.91. The standard InChI is InChI=1S/C15H21F3N2O/c1-10(2)20-6-7-21-13(9-20)14(19)11-4-3-5-12(8-11)15(16,17)18/h3-5,8,10,13-14H,6-7,9,19H2,1-2H3. The van der Waals surface area contributed by atoms with Gasteiger partial charge in [-0.25, -0.2) is 0 Å². The molecule has 0 aliphatic carbocycles. The SMILES string of the molecule is CC(C)N1CCOC(C(N)c2cccc(C(F)(F)F)c2)C1. The molecule has 0 aromatic heterocycles. The highest BCUT2D eigenvalue weighted by atomic mass is 19.4. The van der Waals surface area contributed by atoms with Gasteiger partial charge in [-0.1, -0.05) is 12.1 Å². The van der Waals surface area contributed by atoms with Crippen LogP contribution in [0, 0.1) is 0 Å². The van der Waals surface area contributed by atoms with E-state index in [1.54, 1.807) is 6.07 Å². The Morgan fingerprint density at radius 2 is 2.05 bits per heavy atom. The van der Waals surface area contributed by atoms with Gasteiger partial charge in [-0.05, 0) is 31.5 Å². The summed E-state index contributed by atoms with van der Waals surface area (Å²) in [6.45, 7) is 6.17. The Labute approximate surface area is 122 Å². The molecule has 0 bridgehead atoms. The lowest BCUT2D eigenvalue weighted by molar-refractivity contribution is -0.137. The molecule has 0 amide bonds. The van der Waals surface area contributed by atoms with E-state index in [2.05, 4.69) is 18.7 Å². The monoisotopic (exact) mass is 302 g/mol. The zero-order valence-corrected chi connectivity index (χ0v) is 12.2. The molecule has 0 radical (unpaired) electrons. The second-order valence-corrected chi connectivity index (χ2v) is 5.65. The second kappa shape index (κ2) is 6.34. The minimum absolute atomic E-state index is 0.287. The molecule has 1 fully saturated rings. The van der Waals surface area contributed by atoms with Crippen LogP contribution in [0.4, 0.5) is 13.2 Å². The summed E-state index contributed by atoms with van der Waals surface area (Å²) >= 11 is 0. The van der Waals surface area contributed by atoms with Gasteiger partial charge in [0.15, 0.2) is 0 Å². The summed E-state index contributed by atoms with van der Waals surface area (Å²) in [4.78, 5) is 2.22. The molecule has 1 saturated heterocycles. The number of ether oxygens (including phenoxy) is 1. The largest absolute Gasteiger partial charge is 0.416 e. The van der Waals surface area contributed by atoms with Gasteiger partial charge in [-0.3, -0.25) is 4.90 Å². The maximum Gasteiger partial charge on any atom is 0.416 e. The van der Waals surface area contributed by atoms with Crippen molar-refractivity contribution in [2.75, 3.05) is 19.7 Å². The molecule has 2 rings (SSSR count). The lowest BCUT2D eigenvalue weighted by Crippen LogP contribution is -2.49. The molecule has 118 valence electrons. The Bertz CT molecular complexity index is 476. The van der Waals surface area contributed by atoms with Gasteiger partial charge in [0.25, 0.3) is 0 Å². The van der Waals surface area contributed by atoms with Gasteiger partial charge in [0.1, 0.15) is 0 Å². The van der Waals surface area contributed by atoms with E-state index in [0.29, 0.717) is 24.8 Å². The maximum absolute atomic E-state index is 12.8. The van der Waals surface area contributed by atoms with E-state index in [4.69, 9.17) is 10.5 Å². The first-order chi connectivity index (χ1) is 9.79. The maximum atomic E-state index is 12.8. The first kappa shape index (κ1) is 16.3. The second-order valence-electron chi connectivity index (χ2n) is 5.65. The summed E-state index contributed by atoms with van der Waals surface area (Å²) in [5.74, 6) is 0. The van der Waals surface area contributed by atoms with E-state index in [0.717, 1.165) is 18.7 Å². The highest BCUT2D eigenvalue weighted by Crippen LogP contribution is 2.31. The summed E-state index contributed by atoms with van der Waals surface area (Å²) in [6.07, 6.45) is -4.64. The van der Waals surface area contributed by atoms with Gasteiger partial charge in [-0.2, -0.15) is 13.2 Å². The lowest BCUT2D eigenvalue weighted by atomic mass is 9.98. The van der Waals surface area contributed by atoms with Gasteiger partial charge in [0.2, 0.25) is 0 Å². The average molecular weight is 302 g/mol. The van der Waals surface area contributed by atoms with Crippen molar-refractivity contribution in [1.29, 1.82) is 0 Å². The molecule has 21 heavy (non-hydrogen) atoms. The van der Waals surface area contributed by atoms with Crippen LogP contribution in [0.3, 0.4) is 0 Å².